The van der Waals surface area contributed by atoms with Gasteiger partial charge in [-0.15, -0.1) is 0 Å². The molecule has 0 aliphatic heterocycles. The van der Waals surface area contributed by atoms with Crippen LogP contribution in [0.4, 0.5) is 0 Å². The van der Waals surface area contributed by atoms with Crippen LogP contribution in [0.3, 0.4) is 0 Å². The molecule has 5 nitrogen and oxygen atoms in total. The molecule has 3 aromatic carbocycles. The van der Waals surface area contributed by atoms with Crippen molar-refractivity contribution >= 4 is 0 Å². The maximum Gasteiger partial charge on any atom is 0.130 e. The number of hydrogen-bond acceptors (Lipinski definition) is 5. The Morgan fingerprint density at radius 1 is 0.917 bits per heavy atom. The standard InChI is InChI=1S/C31H39NO4/c1-22-25(15-10-16-27(22)23-11-6-4-7-12-23)21-36-26-17-30(34-2)28(31(18-26)35-3)19-32-29(20-33)24-13-8-5-9-14-24/h4,6-7,10-12,15-18,24,29,32-33H,5,8-9,13-14,19-21H2,1-3H3. The Hall–Kier alpha value is -3.02. The van der Waals surface area contributed by atoms with Crippen molar-refractivity contribution in [2.24, 2.45) is 5.92 Å². The van der Waals surface area contributed by atoms with E-state index in [0.717, 1.165) is 11.1 Å². The van der Waals surface area contributed by atoms with Gasteiger partial charge in [-0.1, -0.05) is 67.8 Å². The third kappa shape index (κ3) is 6.21. The Kier molecular flexibility index (Phi) is 9.26. The molecular weight excluding hydrogens is 450 g/mol. The first kappa shape index (κ1) is 26.1. The van der Waals surface area contributed by atoms with E-state index in [-0.39, 0.29) is 12.6 Å². The predicted octanol–water partition coefficient (Wildman–Crippen LogP) is 6.29. The van der Waals surface area contributed by atoms with Crippen LogP contribution in [-0.4, -0.2) is 32.0 Å². The number of nitrogens with one attached hydrogen (secondary N) is 1. The number of hydrogen-bond donors (Lipinski definition) is 2. The van der Waals surface area contributed by atoms with E-state index < -0.39 is 0 Å². The van der Waals surface area contributed by atoms with Gasteiger partial charge in [0, 0.05) is 24.7 Å². The molecule has 36 heavy (non-hydrogen) atoms. The molecule has 0 aromatic heterocycles. The van der Waals surface area contributed by atoms with Gasteiger partial charge in [-0.3, -0.25) is 0 Å². The second kappa shape index (κ2) is 12.8. The van der Waals surface area contributed by atoms with Crippen molar-refractivity contribution in [3.8, 4) is 28.4 Å². The van der Waals surface area contributed by atoms with Gasteiger partial charge < -0.3 is 24.6 Å². The van der Waals surface area contributed by atoms with Crippen molar-refractivity contribution < 1.29 is 19.3 Å². The van der Waals surface area contributed by atoms with Gasteiger partial charge in [0.1, 0.15) is 23.9 Å². The molecule has 1 fully saturated rings. The average molecular weight is 490 g/mol. The van der Waals surface area contributed by atoms with Gasteiger partial charge in [0.2, 0.25) is 0 Å². The number of benzene rings is 3. The minimum atomic E-state index is 0.0792. The van der Waals surface area contributed by atoms with E-state index in [4.69, 9.17) is 14.2 Å². The summed E-state index contributed by atoms with van der Waals surface area (Å²) in [6, 6.07) is 20.7. The molecule has 4 rings (SSSR count). The van der Waals surface area contributed by atoms with E-state index in [9.17, 15) is 5.11 Å². The maximum absolute atomic E-state index is 10.0. The second-order valence-corrected chi connectivity index (χ2v) is 9.62. The van der Waals surface area contributed by atoms with Crippen LogP contribution < -0.4 is 19.5 Å². The summed E-state index contributed by atoms with van der Waals surface area (Å²) in [5, 5.41) is 13.6. The van der Waals surface area contributed by atoms with Gasteiger partial charge in [0.15, 0.2) is 0 Å². The summed E-state index contributed by atoms with van der Waals surface area (Å²) >= 11 is 0. The molecule has 3 aromatic rings. The highest BCUT2D eigenvalue weighted by Crippen LogP contribution is 2.35. The summed E-state index contributed by atoms with van der Waals surface area (Å²) in [7, 11) is 3.33. The van der Waals surface area contributed by atoms with Crippen molar-refractivity contribution in [1.82, 2.24) is 5.32 Å². The Bertz CT molecular complexity index is 1080. The average Bonchev–Trinajstić information content (AvgIpc) is 2.94. The summed E-state index contributed by atoms with van der Waals surface area (Å²) in [5.74, 6) is 2.64. The van der Waals surface area contributed by atoms with Gasteiger partial charge in [-0.2, -0.15) is 0 Å². The summed E-state index contributed by atoms with van der Waals surface area (Å²) in [6.07, 6.45) is 6.13. The van der Waals surface area contributed by atoms with E-state index in [0.29, 0.717) is 36.3 Å². The van der Waals surface area contributed by atoms with Crippen molar-refractivity contribution in [2.45, 2.75) is 58.2 Å². The van der Waals surface area contributed by atoms with Gasteiger partial charge >= 0.3 is 0 Å². The van der Waals surface area contributed by atoms with Crippen LogP contribution in [0.15, 0.2) is 60.7 Å². The predicted molar refractivity (Wildman–Crippen MR) is 145 cm³/mol. The number of methoxy groups -OCH3 is 2. The van der Waals surface area contributed by atoms with Crippen molar-refractivity contribution in [3.05, 3.63) is 77.4 Å². The molecule has 1 aliphatic rings. The fourth-order valence-electron chi connectivity index (χ4n) is 5.30. The highest BCUT2D eigenvalue weighted by atomic mass is 16.5. The molecule has 5 heteroatoms. The topological polar surface area (TPSA) is 60.0 Å². The molecular formula is C31H39NO4. The van der Waals surface area contributed by atoms with Crippen LogP contribution in [0.5, 0.6) is 17.2 Å². The highest BCUT2D eigenvalue weighted by Gasteiger charge is 2.24. The van der Waals surface area contributed by atoms with E-state index in [1.807, 2.05) is 18.2 Å². The SMILES string of the molecule is COc1cc(OCc2cccc(-c3ccccc3)c2C)cc(OC)c1CNC(CO)C1CCCCC1. The fourth-order valence-corrected chi connectivity index (χ4v) is 5.30. The number of ether oxygens (including phenoxy) is 3. The lowest BCUT2D eigenvalue weighted by Gasteiger charge is -2.30. The molecule has 0 radical (unpaired) electrons. The van der Waals surface area contributed by atoms with Crippen molar-refractivity contribution in [2.75, 3.05) is 20.8 Å². The molecule has 2 N–H and O–H groups in total. The molecule has 192 valence electrons. The summed E-state index contributed by atoms with van der Waals surface area (Å²) in [4.78, 5) is 0. The first-order chi connectivity index (χ1) is 17.6. The zero-order chi connectivity index (χ0) is 25.3. The Balaban J connectivity index is 1.48. The Morgan fingerprint density at radius 2 is 1.61 bits per heavy atom. The van der Waals surface area contributed by atoms with Gasteiger partial charge in [-0.05, 0) is 47.9 Å². The van der Waals surface area contributed by atoms with Crippen molar-refractivity contribution in [1.29, 1.82) is 0 Å². The molecule has 0 bridgehead atoms. The van der Waals surface area contributed by atoms with Gasteiger partial charge in [0.25, 0.3) is 0 Å². The van der Waals surface area contributed by atoms with Gasteiger partial charge in [-0.25, -0.2) is 0 Å². The normalized spacial score (nSPS) is 14.9. The first-order valence-corrected chi connectivity index (χ1v) is 13.0. The van der Waals surface area contributed by atoms with Crippen LogP contribution in [0.2, 0.25) is 0 Å². The number of aliphatic hydroxyl groups excluding tert-OH is 1. The lowest BCUT2D eigenvalue weighted by Crippen LogP contribution is -2.39. The van der Waals surface area contributed by atoms with Crippen LogP contribution in [-0.2, 0) is 13.2 Å². The number of aliphatic hydroxyl groups is 1. The van der Waals surface area contributed by atoms with E-state index in [1.54, 1.807) is 14.2 Å². The fraction of sp³-hybridized carbons (Fsp3) is 0.419. The Morgan fingerprint density at radius 3 is 2.25 bits per heavy atom. The number of rotatable bonds is 11. The molecule has 0 amide bonds. The van der Waals surface area contributed by atoms with Crippen LogP contribution >= 0.6 is 0 Å². The zero-order valence-corrected chi connectivity index (χ0v) is 21.8. The molecule has 0 spiro atoms. The molecule has 1 unspecified atom stereocenters. The van der Waals surface area contributed by atoms with Crippen molar-refractivity contribution in [3.63, 3.8) is 0 Å². The maximum atomic E-state index is 10.0. The zero-order valence-electron chi connectivity index (χ0n) is 21.8. The van der Waals surface area contributed by atoms with E-state index in [1.165, 1.54) is 48.8 Å². The third-order valence-corrected chi connectivity index (χ3v) is 7.46. The van der Waals surface area contributed by atoms with Crippen LogP contribution in [0.25, 0.3) is 11.1 Å². The third-order valence-electron chi connectivity index (χ3n) is 7.46. The van der Waals surface area contributed by atoms with E-state index >= 15 is 0 Å². The lowest BCUT2D eigenvalue weighted by molar-refractivity contribution is 0.170. The second-order valence-electron chi connectivity index (χ2n) is 9.62. The molecule has 1 saturated carbocycles. The lowest BCUT2D eigenvalue weighted by atomic mass is 9.84. The van der Waals surface area contributed by atoms with Crippen LogP contribution in [0, 0.1) is 12.8 Å². The summed E-state index contributed by atoms with van der Waals surface area (Å²) in [5.41, 5.74) is 5.69. The molecule has 1 atom stereocenters. The Labute approximate surface area is 215 Å². The minimum Gasteiger partial charge on any atom is -0.496 e. The highest BCUT2D eigenvalue weighted by molar-refractivity contribution is 5.68. The minimum absolute atomic E-state index is 0.0792. The van der Waals surface area contributed by atoms with Crippen LogP contribution in [0.1, 0.15) is 48.8 Å². The largest absolute Gasteiger partial charge is 0.496 e. The first-order valence-electron chi connectivity index (χ1n) is 13.0. The summed E-state index contributed by atoms with van der Waals surface area (Å²) in [6.45, 7) is 3.29. The smallest absolute Gasteiger partial charge is 0.130 e. The summed E-state index contributed by atoms with van der Waals surface area (Å²) < 4.78 is 17.7. The van der Waals surface area contributed by atoms with E-state index in [2.05, 4.69) is 54.7 Å². The van der Waals surface area contributed by atoms with Gasteiger partial charge in [0.05, 0.1) is 26.4 Å². The quantitative estimate of drug-likeness (QED) is 0.332. The molecule has 0 heterocycles. The molecule has 0 saturated heterocycles. The monoisotopic (exact) mass is 489 g/mol. The molecule has 1 aliphatic carbocycles.